The quantitative estimate of drug-likeness (QED) is 0.593. The highest BCUT2D eigenvalue weighted by Gasteiger charge is 2.08. The van der Waals surface area contributed by atoms with Crippen LogP contribution >= 0.6 is 15.9 Å². The normalized spacial score (nSPS) is 13.0. The number of hydrogen-bond donors (Lipinski definition) is 0. The van der Waals surface area contributed by atoms with Gasteiger partial charge < -0.3 is 0 Å². The lowest BCUT2D eigenvalue weighted by atomic mass is 9.93. The van der Waals surface area contributed by atoms with E-state index < -0.39 is 0 Å². The smallest absolute Gasteiger partial charge is 0.00628 e. The molecule has 0 aliphatic carbocycles. The molecule has 0 aromatic heterocycles. The molecule has 0 saturated heterocycles. The molecule has 1 unspecified atom stereocenters. The van der Waals surface area contributed by atoms with Crippen molar-refractivity contribution >= 4 is 15.9 Å². The second-order valence-electron chi connectivity index (χ2n) is 5.54. The Morgan fingerprint density at radius 2 is 1.94 bits per heavy atom. The van der Waals surface area contributed by atoms with Crippen molar-refractivity contribution in [3.8, 4) is 0 Å². The summed E-state index contributed by atoms with van der Waals surface area (Å²) in [4.78, 5) is 0. The van der Waals surface area contributed by atoms with Gasteiger partial charge in [-0.15, -0.1) is 0 Å². The second-order valence-corrected chi connectivity index (χ2v) is 6.19. The van der Waals surface area contributed by atoms with Gasteiger partial charge in [-0.2, -0.15) is 0 Å². The molecule has 0 radical (unpaired) electrons. The first-order valence-corrected chi connectivity index (χ1v) is 7.85. The molecule has 0 spiro atoms. The standard InChI is InChI=1S/C16H25Br/c1-13(2)6-4-9-16(12-17)11-15-8-5-7-14(3)10-15/h5,7-8,10,13,16H,4,6,9,11-12H2,1-3H3. The van der Waals surface area contributed by atoms with E-state index in [0.717, 1.165) is 17.2 Å². The van der Waals surface area contributed by atoms with Gasteiger partial charge in [-0.05, 0) is 37.2 Å². The number of rotatable bonds is 7. The van der Waals surface area contributed by atoms with E-state index in [1.165, 1.54) is 36.8 Å². The Morgan fingerprint density at radius 3 is 2.53 bits per heavy atom. The summed E-state index contributed by atoms with van der Waals surface area (Å²) >= 11 is 3.66. The number of alkyl halides is 1. The molecular formula is C16H25Br. The molecule has 1 aromatic carbocycles. The highest BCUT2D eigenvalue weighted by atomic mass is 79.9. The van der Waals surface area contributed by atoms with Gasteiger partial charge in [0.2, 0.25) is 0 Å². The number of halogens is 1. The van der Waals surface area contributed by atoms with E-state index in [0.29, 0.717) is 0 Å². The van der Waals surface area contributed by atoms with Gasteiger partial charge in [-0.25, -0.2) is 0 Å². The van der Waals surface area contributed by atoms with Gasteiger partial charge in [0.1, 0.15) is 0 Å². The van der Waals surface area contributed by atoms with Crippen LogP contribution in [0.3, 0.4) is 0 Å². The summed E-state index contributed by atoms with van der Waals surface area (Å²) in [6, 6.07) is 8.92. The van der Waals surface area contributed by atoms with Crippen molar-refractivity contribution in [3.05, 3.63) is 35.4 Å². The maximum atomic E-state index is 3.66. The molecule has 1 heteroatoms. The van der Waals surface area contributed by atoms with Crippen LogP contribution < -0.4 is 0 Å². The first-order chi connectivity index (χ1) is 8.11. The first kappa shape index (κ1) is 14.8. The van der Waals surface area contributed by atoms with E-state index in [-0.39, 0.29) is 0 Å². The molecule has 0 nitrogen and oxygen atoms in total. The van der Waals surface area contributed by atoms with Crippen molar-refractivity contribution in [2.45, 2.75) is 46.5 Å². The summed E-state index contributed by atoms with van der Waals surface area (Å²) < 4.78 is 0. The molecule has 0 amide bonds. The summed E-state index contributed by atoms with van der Waals surface area (Å²) in [5.41, 5.74) is 2.86. The van der Waals surface area contributed by atoms with Crippen LogP contribution in [0.25, 0.3) is 0 Å². The maximum absolute atomic E-state index is 3.66. The summed E-state index contributed by atoms with van der Waals surface area (Å²) in [6.07, 6.45) is 5.28. The van der Waals surface area contributed by atoms with Crippen LogP contribution in [0.1, 0.15) is 44.2 Å². The van der Waals surface area contributed by atoms with Crippen LogP contribution in [-0.2, 0) is 6.42 Å². The van der Waals surface area contributed by atoms with Crippen molar-refractivity contribution in [3.63, 3.8) is 0 Å². The maximum Gasteiger partial charge on any atom is 0.00628 e. The molecule has 1 atom stereocenters. The van der Waals surface area contributed by atoms with Gasteiger partial charge in [0.25, 0.3) is 0 Å². The van der Waals surface area contributed by atoms with Crippen molar-refractivity contribution in [2.75, 3.05) is 5.33 Å². The molecule has 0 aliphatic heterocycles. The third-order valence-corrected chi connectivity index (χ3v) is 4.13. The number of aryl methyl sites for hydroxylation is 1. The lowest BCUT2D eigenvalue weighted by Gasteiger charge is -2.15. The van der Waals surface area contributed by atoms with Crippen LogP contribution in [0.4, 0.5) is 0 Å². The van der Waals surface area contributed by atoms with Gasteiger partial charge in [0, 0.05) is 5.33 Å². The Balaban J connectivity index is 2.41. The van der Waals surface area contributed by atoms with Crippen LogP contribution in [0.15, 0.2) is 24.3 Å². The van der Waals surface area contributed by atoms with Crippen molar-refractivity contribution in [2.24, 2.45) is 11.8 Å². The fourth-order valence-electron chi connectivity index (χ4n) is 2.22. The Bertz CT molecular complexity index is 317. The van der Waals surface area contributed by atoms with Crippen molar-refractivity contribution in [1.82, 2.24) is 0 Å². The molecular weight excluding hydrogens is 272 g/mol. The molecule has 1 rings (SSSR count). The third kappa shape index (κ3) is 6.26. The van der Waals surface area contributed by atoms with E-state index in [4.69, 9.17) is 0 Å². The topological polar surface area (TPSA) is 0 Å². The summed E-state index contributed by atoms with van der Waals surface area (Å²) in [7, 11) is 0. The number of benzene rings is 1. The average Bonchev–Trinajstić information content (AvgIpc) is 2.27. The van der Waals surface area contributed by atoms with Gasteiger partial charge in [0.05, 0.1) is 0 Å². The van der Waals surface area contributed by atoms with Crippen LogP contribution in [0.2, 0.25) is 0 Å². The highest BCUT2D eigenvalue weighted by molar-refractivity contribution is 9.09. The van der Waals surface area contributed by atoms with E-state index in [1.54, 1.807) is 0 Å². The summed E-state index contributed by atoms with van der Waals surface area (Å²) in [6.45, 7) is 6.79. The Morgan fingerprint density at radius 1 is 1.18 bits per heavy atom. The zero-order valence-corrected chi connectivity index (χ0v) is 13.0. The van der Waals surface area contributed by atoms with E-state index in [2.05, 4.69) is 61.0 Å². The van der Waals surface area contributed by atoms with Crippen molar-refractivity contribution < 1.29 is 0 Å². The SMILES string of the molecule is Cc1cccc(CC(CBr)CCCC(C)C)c1. The zero-order valence-electron chi connectivity index (χ0n) is 11.4. The van der Waals surface area contributed by atoms with Gasteiger partial charge in [-0.3, -0.25) is 0 Å². The second kappa shape index (κ2) is 7.92. The molecule has 1 aromatic rings. The fourth-order valence-corrected chi connectivity index (χ4v) is 2.77. The minimum atomic E-state index is 0.788. The molecule has 17 heavy (non-hydrogen) atoms. The lowest BCUT2D eigenvalue weighted by Crippen LogP contribution is -2.07. The largest absolute Gasteiger partial charge is 0.0925 e. The minimum absolute atomic E-state index is 0.788. The van der Waals surface area contributed by atoms with Crippen molar-refractivity contribution in [1.29, 1.82) is 0 Å². The monoisotopic (exact) mass is 296 g/mol. The van der Waals surface area contributed by atoms with E-state index >= 15 is 0 Å². The molecule has 96 valence electrons. The third-order valence-electron chi connectivity index (χ3n) is 3.22. The predicted molar refractivity (Wildman–Crippen MR) is 80.9 cm³/mol. The minimum Gasteiger partial charge on any atom is -0.0925 e. The predicted octanol–water partition coefficient (Wildman–Crippen LogP) is 5.37. The van der Waals surface area contributed by atoms with E-state index in [9.17, 15) is 0 Å². The molecule has 0 heterocycles. The number of hydrogen-bond acceptors (Lipinski definition) is 0. The molecule has 0 aliphatic rings. The molecule has 0 N–H and O–H groups in total. The van der Waals surface area contributed by atoms with Gasteiger partial charge in [0.15, 0.2) is 0 Å². The zero-order chi connectivity index (χ0) is 12.7. The van der Waals surface area contributed by atoms with Crippen LogP contribution in [0.5, 0.6) is 0 Å². The molecule has 0 bridgehead atoms. The Kier molecular flexibility index (Phi) is 6.87. The first-order valence-electron chi connectivity index (χ1n) is 6.73. The molecule has 0 fully saturated rings. The highest BCUT2D eigenvalue weighted by Crippen LogP contribution is 2.19. The van der Waals surface area contributed by atoms with Crippen LogP contribution in [0, 0.1) is 18.8 Å². The average molecular weight is 297 g/mol. The Hall–Kier alpha value is -0.300. The molecule has 0 saturated carbocycles. The van der Waals surface area contributed by atoms with Gasteiger partial charge in [-0.1, -0.05) is 72.4 Å². The summed E-state index contributed by atoms with van der Waals surface area (Å²) in [5, 5.41) is 1.12. The fraction of sp³-hybridized carbons (Fsp3) is 0.625. The summed E-state index contributed by atoms with van der Waals surface area (Å²) in [5.74, 6) is 1.63. The van der Waals surface area contributed by atoms with Gasteiger partial charge >= 0.3 is 0 Å². The van der Waals surface area contributed by atoms with Crippen LogP contribution in [-0.4, -0.2) is 5.33 Å². The lowest BCUT2D eigenvalue weighted by molar-refractivity contribution is 0.462. The Labute approximate surface area is 115 Å². The van der Waals surface area contributed by atoms with E-state index in [1.807, 2.05) is 0 Å².